The molecule has 2 rings (SSSR count). The second kappa shape index (κ2) is 6.53. The first kappa shape index (κ1) is 15.9. The highest BCUT2D eigenvalue weighted by molar-refractivity contribution is 7.99. The summed E-state index contributed by atoms with van der Waals surface area (Å²) in [4.78, 5) is 8.15. The van der Waals surface area contributed by atoms with Crippen LogP contribution in [0.15, 0.2) is 40.3 Å². The summed E-state index contributed by atoms with van der Waals surface area (Å²) in [6, 6.07) is 7.80. The van der Waals surface area contributed by atoms with Crippen molar-refractivity contribution in [2.45, 2.75) is 23.0 Å². The number of halogens is 4. The summed E-state index contributed by atoms with van der Waals surface area (Å²) >= 11 is 7.06. The molecule has 0 aliphatic heterocycles. The van der Waals surface area contributed by atoms with E-state index in [4.69, 9.17) is 11.6 Å². The Morgan fingerprint density at radius 1 is 1.24 bits per heavy atom. The quantitative estimate of drug-likeness (QED) is 0.821. The van der Waals surface area contributed by atoms with Crippen LogP contribution in [0.2, 0.25) is 5.02 Å². The van der Waals surface area contributed by atoms with E-state index in [1.807, 2.05) is 0 Å². The molecule has 0 fully saturated rings. The number of aromatic nitrogens is 2. The fraction of sp³-hybridized carbons (Fsp3) is 0.231. The Balaban J connectivity index is 2.38. The summed E-state index contributed by atoms with van der Waals surface area (Å²) < 4.78 is 38.6. The predicted octanol–water partition coefficient (Wildman–Crippen LogP) is 4.73. The molecule has 0 unspecified atom stereocenters. The number of alkyl halides is 3. The second-order valence-electron chi connectivity index (χ2n) is 3.98. The van der Waals surface area contributed by atoms with Crippen molar-refractivity contribution in [2.75, 3.05) is 11.9 Å². The molecule has 0 amide bonds. The maximum atomic E-state index is 12.9. The van der Waals surface area contributed by atoms with Crippen LogP contribution < -0.4 is 5.32 Å². The molecule has 1 aromatic carbocycles. The minimum Gasteiger partial charge on any atom is -0.354 e. The number of hydrogen-bond acceptors (Lipinski definition) is 4. The van der Waals surface area contributed by atoms with Gasteiger partial charge in [0, 0.05) is 17.5 Å². The van der Waals surface area contributed by atoms with Gasteiger partial charge in [-0.25, -0.2) is 9.97 Å². The number of hydrogen-bond donors (Lipinski definition) is 1. The molecule has 0 bridgehead atoms. The summed E-state index contributed by atoms with van der Waals surface area (Å²) in [6.07, 6.45) is -4.52. The molecule has 112 valence electrons. The lowest BCUT2D eigenvalue weighted by Gasteiger charge is -2.11. The van der Waals surface area contributed by atoms with Gasteiger partial charge in [-0.15, -0.1) is 0 Å². The van der Waals surface area contributed by atoms with E-state index in [1.165, 1.54) is 0 Å². The highest BCUT2D eigenvalue weighted by Gasteiger charge is 2.33. The molecule has 0 aliphatic carbocycles. The van der Waals surface area contributed by atoms with Gasteiger partial charge in [0.25, 0.3) is 0 Å². The van der Waals surface area contributed by atoms with E-state index in [2.05, 4.69) is 15.3 Å². The van der Waals surface area contributed by atoms with Crippen LogP contribution in [-0.2, 0) is 6.18 Å². The zero-order chi connectivity index (χ0) is 15.5. The Kier molecular flexibility index (Phi) is 4.95. The highest BCUT2D eigenvalue weighted by atomic mass is 35.5. The van der Waals surface area contributed by atoms with E-state index in [0.717, 1.165) is 17.8 Å². The van der Waals surface area contributed by atoms with Gasteiger partial charge >= 0.3 is 6.18 Å². The number of nitrogens with one attached hydrogen (secondary N) is 1. The van der Waals surface area contributed by atoms with Crippen molar-refractivity contribution in [1.82, 2.24) is 9.97 Å². The molecule has 0 radical (unpaired) electrons. The van der Waals surface area contributed by atoms with E-state index >= 15 is 0 Å². The first-order valence-electron chi connectivity index (χ1n) is 6.02. The molecular weight excluding hydrogens is 323 g/mol. The van der Waals surface area contributed by atoms with E-state index in [9.17, 15) is 13.2 Å². The average molecular weight is 334 g/mol. The van der Waals surface area contributed by atoms with Crippen molar-refractivity contribution >= 4 is 29.3 Å². The van der Waals surface area contributed by atoms with Crippen molar-refractivity contribution in [3.05, 3.63) is 41.0 Å². The molecule has 1 aromatic heterocycles. The minimum absolute atomic E-state index is 0.0538. The monoisotopic (exact) mass is 333 g/mol. The Labute approximate surface area is 128 Å². The van der Waals surface area contributed by atoms with Crippen molar-refractivity contribution in [3.8, 4) is 0 Å². The summed E-state index contributed by atoms with van der Waals surface area (Å²) in [5.74, 6) is -0.0538. The van der Waals surface area contributed by atoms with Crippen molar-refractivity contribution in [2.24, 2.45) is 0 Å². The standard InChI is InChI=1S/C13H11ClF3N3S/c1-2-18-12-19-10(13(15,16)17)7-11(20-12)21-9-6-4-3-5-8(9)14/h3-7H,2H2,1H3,(H,18,19,20). The molecule has 8 heteroatoms. The molecule has 1 heterocycles. The van der Waals surface area contributed by atoms with Crippen LogP contribution >= 0.6 is 23.4 Å². The first-order valence-corrected chi connectivity index (χ1v) is 7.22. The summed E-state index contributed by atoms with van der Waals surface area (Å²) in [5.41, 5.74) is -0.983. The molecule has 0 saturated carbocycles. The third kappa shape index (κ3) is 4.25. The maximum Gasteiger partial charge on any atom is 0.433 e. The van der Waals surface area contributed by atoms with E-state index < -0.39 is 11.9 Å². The molecule has 2 aromatic rings. The molecule has 0 spiro atoms. The molecule has 3 nitrogen and oxygen atoms in total. The van der Waals surface area contributed by atoms with Crippen LogP contribution in [0.4, 0.5) is 19.1 Å². The summed E-state index contributed by atoms with van der Waals surface area (Å²) in [5, 5.41) is 3.33. The first-order chi connectivity index (χ1) is 9.90. The Bertz CT molecular complexity index is 634. The SMILES string of the molecule is CCNc1nc(Sc2ccccc2Cl)cc(C(F)(F)F)n1. The Morgan fingerprint density at radius 3 is 2.57 bits per heavy atom. The fourth-order valence-corrected chi connectivity index (χ4v) is 2.59. The van der Waals surface area contributed by atoms with Crippen LogP contribution in [0.1, 0.15) is 12.6 Å². The van der Waals surface area contributed by atoms with Crippen molar-refractivity contribution < 1.29 is 13.2 Å². The van der Waals surface area contributed by atoms with Crippen LogP contribution in [0.5, 0.6) is 0 Å². The van der Waals surface area contributed by atoms with E-state index in [-0.39, 0.29) is 11.0 Å². The molecule has 1 N–H and O–H groups in total. The molecule has 0 aliphatic rings. The van der Waals surface area contributed by atoms with E-state index in [0.29, 0.717) is 16.5 Å². The number of benzene rings is 1. The lowest BCUT2D eigenvalue weighted by molar-refractivity contribution is -0.141. The second-order valence-corrected chi connectivity index (χ2v) is 5.45. The molecule has 0 saturated heterocycles. The van der Waals surface area contributed by atoms with Crippen molar-refractivity contribution in [3.63, 3.8) is 0 Å². The van der Waals surface area contributed by atoms with Gasteiger partial charge in [-0.1, -0.05) is 35.5 Å². The van der Waals surface area contributed by atoms with Crippen LogP contribution in [0.3, 0.4) is 0 Å². The number of rotatable bonds is 4. The number of anilines is 1. The van der Waals surface area contributed by atoms with Gasteiger partial charge in [0.2, 0.25) is 5.95 Å². The van der Waals surface area contributed by atoms with Crippen molar-refractivity contribution in [1.29, 1.82) is 0 Å². The third-order valence-corrected chi connectivity index (χ3v) is 3.81. The zero-order valence-corrected chi connectivity index (χ0v) is 12.5. The highest BCUT2D eigenvalue weighted by Crippen LogP contribution is 2.35. The van der Waals surface area contributed by atoms with Gasteiger partial charge in [0.05, 0.1) is 5.02 Å². The molecular formula is C13H11ClF3N3S. The predicted molar refractivity (Wildman–Crippen MR) is 76.8 cm³/mol. The number of nitrogens with zero attached hydrogens (tertiary/aromatic N) is 2. The van der Waals surface area contributed by atoms with Gasteiger partial charge in [-0.05, 0) is 19.1 Å². The van der Waals surface area contributed by atoms with E-state index in [1.54, 1.807) is 31.2 Å². The van der Waals surface area contributed by atoms with Gasteiger partial charge in [0.1, 0.15) is 5.03 Å². The smallest absolute Gasteiger partial charge is 0.354 e. The minimum atomic E-state index is -4.52. The largest absolute Gasteiger partial charge is 0.433 e. The topological polar surface area (TPSA) is 37.8 Å². The Morgan fingerprint density at radius 2 is 1.95 bits per heavy atom. The van der Waals surface area contributed by atoms with Crippen LogP contribution in [-0.4, -0.2) is 16.5 Å². The molecule has 21 heavy (non-hydrogen) atoms. The third-order valence-electron chi connectivity index (χ3n) is 2.38. The van der Waals surface area contributed by atoms with Gasteiger partial charge in [-0.2, -0.15) is 13.2 Å². The van der Waals surface area contributed by atoms with Gasteiger partial charge in [-0.3, -0.25) is 0 Å². The average Bonchev–Trinajstić information content (AvgIpc) is 2.41. The lowest BCUT2D eigenvalue weighted by Crippen LogP contribution is -2.12. The van der Waals surface area contributed by atoms with Crippen LogP contribution in [0, 0.1) is 0 Å². The fourth-order valence-electron chi connectivity index (χ4n) is 1.50. The summed E-state index contributed by atoms with van der Waals surface area (Å²) in [6.45, 7) is 2.18. The lowest BCUT2D eigenvalue weighted by atomic mass is 10.4. The normalized spacial score (nSPS) is 11.5. The van der Waals surface area contributed by atoms with Gasteiger partial charge in [0.15, 0.2) is 5.69 Å². The van der Waals surface area contributed by atoms with Crippen LogP contribution in [0.25, 0.3) is 0 Å². The maximum absolute atomic E-state index is 12.9. The zero-order valence-electron chi connectivity index (χ0n) is 10.9. The van der Waals surface area contributed by atoms with Gasteiger partial charge < -0.3 is 5.32 Å². The summed E-state index contributed by atoms with van der Waals surface area (Å²) in [7, 11) is 0. The molecule has 0 atom stereocenters. The Hall–Kier alpha value is -1.47.